The maximum Gasteiger partial charge on any atom is 0.364 e. The third kappa shape index (κ3) is 2.66. The Morgan fingerprint density at radius 2 is 2.19 bits per heavy atom. The zero-order chi connectivity index (χ0) is 12.1. The fraction of sp³-hybridized carbons (Fsp3) is 0.300. The summed E-state index contributed by atoms with van der Waals surface area (Å²) in [5.74, 6) is -1.54. The van der Waals surface area contributed by atoms with Gasteiger partial charge in [-0.25, -0.2) is 4.79 Å². The van der Waals surface area contributed by atoms with Crippen LogP contribution in [-0.4, -0.2) is 29.3 Å². The van der Waals surface area contributed by atoms with Gasteiger partial charge in [0.2, 0.25) is 11.5 Å². The van der Waals surface area contributed by atoms with Gasteiger partial charge in [-0.1, -0.05) is 5.16 Å². The molecule has 6 heteroatoms. The summed E-state index contributed by atoms with van der Waals surface area (Å²) >= 11 is 1.23. The summed E-state index contributed by atoms with van der Waals surface area (Å²) in [7, 11) is 0. The smallest absolute Gasteiger partial charge is 0.364 e. The summed E-state index contributed by atoms with van der Waals surface area (Å²) < 4.78 is 4.60. The first kappa shape index (κ1) is 12.4. The highest BCUT2D eigenvalue weighted by Gasteiger charge is 2.25. The monoisotopic (exact) mass is 241 g/mol. The Morgan fingerprint density at radius 3 is 2.62 bits per heavy atom. The molecule has 0 atom stereocenters. The van der Waals surface area contributed by atoms with Crippen molar-refractivity contribution in [3.8, 4) is 0 Å². The predicted molar refractivity (Wildman–Crippen MR) is 59.2 cm³/mol. The number of thiophene rings is 1. The lowest BCUT2D eigenvalue weighted by Gasteiger charge is -2.01. The van der Waals surface area contributed by atoms with Crippen LogP contribution in [0.25, 0.3) is 0 Å². The van der Waals surface area contributed by atoms with E-state index in [4.69, 9.17) is 5.21 Å². The topological polar surface area (TPSA) is 76.0 Å². The van der Waals surface area contributed by atoms with Crippen LogP contribution >= 0.6 is 11.3 Å². The van der Waals surface area contributed by atoms with E-state index in [-0.39, 0.29) is 6.61 Å². The largest absolute Gasteiger partial charge is 0.461 e. The van der Waals surface area contributed by atoms with E-state index in [9.17, 15) is 9.59 Å². The maximum atomic E-state index is 11.7. The number of carbonyl (C=O) groups is 2. The van der Waals surface area contributed by atoms with E-state index >= 15 is 0 Å². The predicted octanol–water partition coefficient (Wildman–Crippen LogP) is 1.63. The molecule has 1 aromatic heterocycles. The van der Waals surface area contributed by atoms with Gasteiger partial charge in [0.05, 0.1) is 11.5 Å². The summed E-state index contributed by atoms with van der Waals surface area (Å²) in [5.41, 5.74) is -0.594. The third-order valence-corrected chi connectivity index (χ3v) is 2.75. The molecule has 0 radical (unpaired) electrons. The Labute approximate surface area is 96.3 Å². The van der Waals surface area contributed by atoms with E-state index in [1.165, 1.54) is 11.3 Å². The van der Waals surface area contributed by atoms with Gasteiger partial charge in [0, 0.05) is 4.88 Å². The number of esters is 1. The highest BCUT2D eigenvalue weighted by atomic mass is 32.1. The molecule has 1 aromatic rings. The minimum atomic E-state index is -0.916. The molecular formula is C10H11NO4S. The summed E-state index contributed by atoms with van der Waals surface area (Å²) in [4.78, 5) is 24.3. The van der Waals surface area contributed by atoms with Crippen LogP contribution in [0.3, 0.4) is 0 Å². The standard InChI is InChI=1S/C10H11NO4S/c1-3-15-10(13)8(11-14)9(12)7-5-4-6(2)16-7/h4-5,14H,3H2,1-2H3. The van der Waals surface area contributed by atoms with Crippen LogP contribution in [0.15, 0.2) is 17.3 Å². The van der Waals surface area contributed by atoms with Crippen molar-refractivity contribution < 1.29 is 19.5 Å². The summed E-state index contributed by atoms with van der Waals surface area (Å²) in [5, 5.41) is 11.3. The fourth-order valence-electron chi connectivity index (χ4n) is 1.05. The van der Waals surface area contributed by atoms with Crippen LogP contribution in [0.4, 0.5) is 0 Å². The molecular weight excluding hydrogens is 230 g/mol. The second-order valence-electron chi connectivity index (χ2n) is 2.91. The van der Waals surface area contributed by atoms with Crippen molar-refractivity contribution in [2.45, 2.75) is 13.8 Å². The highest BCUT2D eigenvalue weighted by Crippen LogP contribution is 2.16. The molecule has 1 rings (SSSR count). The summed E-state index contributed by atoms with van der Waals surface area (Å²) in [6, 6.07) is 3.32. The fourth-order valence-corrected chi connectivity index (χ4v) is 1.86. The molecule has 0 aromatic carbocycles. The van der Waals surface area contributed by atoms with E-state index in [0.717, 1.165) is 4.88 Å². The molecule has 0 bridgehead atoms. The first-order valence-electron chi connectivity index (χ1n) is 4.60. The first-order valence-corrected chi connectivity index (χ1v) is 5.42. The van der Waals surface area contributed by atoms with Gasteiger partial charge in [0.25, 0.3) is 0 Å². The molecule has 5 nitrogen and oxygen atoms in total. The number of Topliss-reactive ketones (excluding diaryl/α,β-unsaturated/α-hetero) is 1. The van der Waals surface area contributed by atoms with Gasteiger partial charge >= 0.3 is 5.97 Å². The van der Waals surface area contributed by atoms with Gasteiger partial charge in [-0.3, -0.25) is 4.79 Å². The molecule has 0 saturated heterocycles. The summed E-state index contributed by atoms with van der Waals surface area (Å²) in [6.45, 7) is 3.56. The molecule has 0 aliphatic heterocycles. The number of hydrogen-bond acceptors (Lipinski definition) is 6. The lowest BCUT2D eigenvalue weighted by molar-refractivity contribution is -0.135. The number of nitrogens with zero attached hydrogens (tertiary/aromatic N) is 1. The number of aryl methyl sites for hydroxylation is 1. The number of ketones is 1. The molecule has 0 amide bonds. The molecule has 0 saturated carbocycles. The minimum absolute atomic E-state index is 0.120. The number of carbonyl (C=O) groups excluding carboxylic acids is 2. The molecule has 1 heterocycles. The van der Waals surface area contributed by atoms with Crippen LogP contribution < -0.4 is 0 Å². The quantitative estimate of drug-likeness (QED) is 0.217. The van der Waals surface area contributed by atoms with Crippen molar-refractivity contribution >= 4 is 28.8 Å². The maximum absolute atomic E-state index is 11.7. The van der Waals surface area contributed by atoms with Gasteiger partial charge in [-0.15, -0.1) is 11.3 Å². The van der Waals surface area contributed by atoms with E-state index in [0.29, 0.717) is 4.88 Å². The number of rotatable bonds is 4. The van der Waals surface area contributed by atoms with E-state index in [1.54, 1.807) is 19.1 Å². The molecule has 0 aliphatic rings. The molecule has 0 spiro atoms. The summed E-state index contributed by atoms with van der Waals surface area (Å²) in [6.07, 6.45) is 0. The second-order valence-corrected chi connectivity index (χ2v) is 4.20. The van der Waals surface area contributed by atoms with Gasteiger partial charge in [-0.2, -0.15) is 0 Å². The normalized spacial score (nSPS) is 11.2. The van der Waals surface area contributed by atoms with E-state index < -0.39 is 17.5 Å². The third-order valence-electron chi connectivity index (χ3n) is 1.75. The average Bonchev–Trinajstić information content (AvgIpc) is 2.66. The molecule has 86 valence electrons. The van der Waals surface area contributed by atoms with Crippen LogP contribution in [0, 0.1) is 6.92 Å². The molecule has 0 aliphatic carbocycles. The van der Waals surface area contributed by atoms with E-state index in [2.05, 4.69) is 9.89 Å². The van der Waals surface area contributed by atoms with Crippen LogP contribution in [-0.2, 0) is 9.53 Å². The van der Waals surface area contributed by atoms with Crippen molar-refractivity contribution in [2.75, 3.05) is 6.61 Å². The van der Waals surface area contributed by atoms with Crippen LogP contribution in [0.5, 0.6) is 0 Å². The van der Waals surface area contributed by atoms with Gasteiger partial charge < -0.3 is 9.94 Å². The Bertz CT molecular complexity index is 436. The average molecular weight is 241 g/mol. The number of oxime groups is 1. The minimum Gasteiger partial charge on any atom is -0.461 e. The molecule has 16 heavy (non-hydrogen) atoms. The number of ether oxygens (including phenoxy) is 1. The van der Waals surface area contributed by atoms with Gasteiger partial charge in [-0.05, 0) is 26.0 Å². The van der Waals surface area contributed by atoms with Crippen LogP contribution in [0.2, 0.25) is 0 Å². The lowest BCUT2D eigenvalue weighted by atomic mass is 10.2. The van der Waals surface area contributed by atoms with Crippen LogP contribution in [0.1, 0.15) is 21.5 Å². The van der Waals surface area contributed by atoms with Gasteiger partial charge in [0.15, 0.2) is 0 Å². The Balaban J connectivity index is 2.91. The Hall–Kier alpha value is -1.69. The zero-order valence-electron chi connectivity index (χ0n) is 8.89. The van der Waals surface area contributed by atoms with Crippen molar-refractivity contribution in [1.29, 1.82) is 0 Å². The Morgan fingerprint density at radius 1 is 1.50 bits per heavy atom. The van der Waals surface area contributed by atoms with Gasteiger partial charge in [0.1, 0.15) is 0 Å². The molecule has 0 fully saturated rings. The van der Waals surface area contributed by atoms with Crippen molar-refractivity contribution in [3.05, 3.63) is 21.9 Å². The van der Waals surface area contributed by atoms with Crippen molar-refractivity contribution in [2.24, 2.45) is 5.16 Å². The van der Waals surface area contributed by atoms with E-state index in [1.807, 2.05) is 6.92 Å². The Kier molecular flexibility index (Phi) is 4.19. The zero-order valence-corrected chi connectivity index (χ0v) is 9.71. The molecule has 1 N–H and O–H groups in total. The van der Waals surface area contributed by atoms with Crippen molar-refractivity contribution in [3.63, 3.8) is 0 Å². The second kappa shape index (κ2) is 5.41. The highest BCUT2D eigenvalue weighted by molar-refractivity contribution is 7.15. The SMILES string of the molecule is CCOC(=O)C(=NO)C(=O)c1ccc(C)s1. The van der Waals surface area contributed by atoms with Crippen molar-refractivity contribution in [1.82, 2.24) is 0 Å². The first-order chi connectivity index (χ1) is 7.60. The molecule has 0 unspecified atom stereocenters. The lowest BCUT2D eigenvalue weighted by Crippen LogP contribution is -2.26. The number of hydrogen-bond donors (Lipinski definition) is 1.